The van der Waals surface area contributed by atoms with Crippen molar-refractivity contribution in [2.75, 3.05) is 45.8 Å². The molecule has 3 rings (SSSR count). The number of nitrogens with one attached hydrogen (secondary N) is 2. The summed E-state index contributed by atoms with van der Waals surface area (Å²) < 4.78 is 0. The van der Waals surface area contributed by atoms with Crippen LogP contribution in [0.1, 0.15) is 33.1 Å². The van der Waals surface area contributed by atoms with Crippen molar-refractivity contribution in [3.63, 3.8) is 0 Å². The van der Waals surface area contributed by atoms with Crippen molar-refractivity contribution in [1.82, 2.24) is 20.4 Å². The molecule has 0 bridgehead atoms. The Kier molecular flexibility index (Phi) is 7.37. The van der Waals surface area contributed by atoms with E-state index in [1.807, 2.05) is 4.90 Å². The number of rotatable bonds is 4. The highest BCUT2D eigenvalue weighted by atomic mass is 35.5. The number of halogens is 1. The topological polar surface area (TPSA) is 64.7 Å². The van der Waals surface area contributed by atoms with Gasteiger partial charge >= 0.3 is 6.03 Å². The molecule has 3 amide bonds. The van der Waals surface area contributed by atoms with Crippen LogP contribution in [-0.2, 0) is 4.79 Å². The number of carbonyl (C=O) groups is 2. The third-order valence-electron chi connectivity index (χ3n) is 5.67. The third-order valence-corrected chi connectivity index (χ3v) is 5.67. The van der Waals surface area contributed by atoms with Gasteiger partial charge in [0.1, 0.15) is 0 Å². The molecule has 0 aliphatic carbocycles. The van der Waals surface area contributed by atoms with Crippen LogP contribution >= 0.6 is 12.4 Å². The summed E-state index contributed by atoms with van der Waals surface area (Å²) in [4.78, 5) is 28.8. The molecule has 25 heavy (non-hydrogen) atoms. The van der Waals surface area contributed by atoms with Gasteiger partial charge < -0.3 is 20.4 Å². The Bertz CT molecular complexity index is 462. The van der Waals surface area contributed by atoms with Gasteiger partial charge in [0.25, 0.3) is 0 Å². The normalized spacial score (nSPS) is 28.7. The number of fused-ring (bicyclic) bond motifs is 1. The second kappa shape index (κ2) is 9.08. The van der Waals surface area contributed by atoms with Crippen LogP contribution in [0.3, 0.4) is 0 Å². The molecule has 2 N–H and O–H groups in total. The van der Waals surface area contributed by atoms with Gasteiger partial charge in [-0.1, -0.05) is 13.8 Å². The van der Waals surface area contributed by atoms with Crippen LogP contribution in [0.15, 0.2) is 0 Å². The molecule has 0 aromatic carbocycles. The molecule has 0 spiro atoms. The summed E-state index contributed by atoms with van der Waals surface area (Å²) >= 11 is 0. The summed E-state index contributed by atoms with van der Waals surface area (Å²) in [7, 11) is 0. The highest BCUT2D eigenvalue weighted by Crippen LogP contribution is 2.28. The molecule has 0 aromatic heterocycles. The SMILES string of the molecule is CC(C)CNC(=O)N1CCCC(CC(=O)N2C[C@H]3CNC[C@H]3C2)C1.Cl. The van der Waals surface area contributed by atoms with Crippen molar-refractivity contribution in [2.24, 2.45) is 23.7 Å². The molecule has 144 valence electrons. The summed E-state index contributed by atoms with van der Waals surface area (Å²) in [6, 6.07) is 0.0302. The Morgan fingerprint density at radius 1 is 1.12 bits per heavy atom. The number of carbonyl (C=O) groups excluding carboxylic acids is 2. The molecule has 0 radical (unpaired) electrons. The van der Waals surface area contributed by atoms with Crippen molar-refractivity contribution in [3.8, 4) is 0 Å². The van der Waals surface area contributed by atoms with Gasteiger partial charge in [0.2, 0.25) is 5.91 Å². The van der Waals surface area contributed by atoms with E-state index in [-0.39, 0.29) is 18.4 Å². The maximum Gasteiger partial charge on any atom is 0.317 e. The fourth-order valence-corrected chi connectivity index (χ4v) is 4.25. The largest absolute Gasteiger partial charge is 0.342 e. The molecule has 3 saturated heterocycles. The van der Waals surface area contributed by atoms with Gasteiger partial charge in [-0.25, -0.2) is 4.79 Å². The van der Waals surface area contributed by atoms with Crippen LogP contribution in [0.5, 0.6) is 0 Å². The lowest BCUT2D eigenvalue weighted by Gasteiger charge is -2.33. The Morgan fingerprint density at radius 2 is 1.80 bits per heavy atom. The number of likely N-dealkylation sites (tertiary alicyclic amines) is 2. The number of hydrogen-bond acceptors (Lipinski definition) is 3. The highest BCUT2D eigenvalue weighted by molar-refractivity contribution is 5.85. The first-order chi connectivity index (χ1) is 11.5. The van der Waals surface area contributed by atoms with Gasteiger partial charge in [-0.3, -0.25) is 4.79 Å². The molecule has 7 heteroatoms. The van der Waals surface area contributed by atoms with Crippen LogP contribution in [0, 0.1) is 23.7 Å². The minimum Gasteiger partial charge on any atom is -0.342 e. The van der Waals surface area contributed by atoms with Gasteiger partial charge in [-0.15, -0.1) is 12.4 Å². The molecule has 3 aliphatic heterocycles. The van der Waals surface area contributed by atoms with Gasteiger partial charge in [-0.2, -0.15) is 0 Å². The van der Waals surface area contributed by atoms with E-state index in [1.54, 1.807) is 0 Å². The molecule has 3 aliphatic rings. The Morgan fingerprint density at radius 3 is 2.44 bits per heavy atom. The smallest absolute Gasteiger partial charge is 0.317 e. The van der Waals surface area contributed by atoms with Gasteiger partial charge in [0.05, 0.1) is 0 Å². The second-order valence-corrected chi connectivity index (χ2v) is 8.22. The summed E-state index contributed by atoms with van der Waals surface area (Å²) in [6.07, 6.45) is 2.66. The second-order valence-electron chi connectivity index (χ2n) is 8.22. The Hall–Kier alpha value is -1.01. The third kappa shape index (κ3) is 5.23. The Labute approximate surface area is 157 Å². The number of urea groups is 1. The summed E-state index contributed by atoms with van der Waals surface area (Å²) in [6.45, 7) is 10.4. The maximum atomic E-state index is 12.6. The fraction of sp³-hybridized carbons (Fsp3) is 0.889. The molecule has 6 nitrogen and oxygen atoms in total. The molecule has 3 atom stereocenters. The molecule has 0 aromatic rings. The first-order valence-electron chi connectivity index (χ1n) is 9.54. The van der Waals surface area contributed by atoms with Crippen LogP contribution in [0.4, 0.5) is 4.79 Å². The molecule has 3 heterocycles. The first kappa shape index (κ1) is 20.3. The zero-order chi connectivity index (χ0) is 17.1. The van der Waals surface area contributed by atoms with Crippen molar-refractivity contribution in [1.29, 1.82) is 0 Å². The van der Waals surface area contributed by atoms with Crippen LogP contribution in [0.2, 0.25) is 0 Å². The quantitative estimate of drug-likeness (QED) is 0.787. The Balaban J connectivity index is 0.00000225. The predicted molar refractivity (Wildman–Crippen MR) is 101 cm³/mol. The average molecular weight is 373 g/mol. The lowest BCUT2D eigenvalue weighted by atomic mass is 9.94. The van der Waals surface area contributed by atoms with E-state index in [1.165, 1.54) is 0 Å². The van der Waals surface area contributed by atoms with E-state index in [9.17, 15) is 9.59 Å². The van der Waals surface area contributed by atoms with Crippen LogP contribution in [0.25, 0.3) is 0 Å². The van der Waals surface area contributed by atoms with Gasteiger partial charge in [0.15, 0.2) is 0 Å². The van der Waals surface area contributed by atoms with Crippen molar-refractivity contribution >= 4 is 24.3 Å². The first-order valence-corrected chi connectivity index (χ1v) is 9.54. The molecular weight excluding hydrogens is 340 g/mol. The van der Waals surface area contributed by atoms with E-state index in [0.29, 0.717) is 42.5 Å². The van der Waals surface area contributed by atoms with Crippen molar-refractivity contribution < 1.29 is 9.59 Å². The van der Waals surface area contributed by atoms with Gasteiger partial charge in [0, 0.05) is 52.2 Å². The summed E-state index contributed by atoms with van der Waals surface area (Å²) in [5.41, 5.74) is 0. The number of nitrogens with zero attached hydrogens (tertiary/aromatic N) is 2. The standard InChI is InChI=1S/C18H32N4O2.ClH/c1-13(2)7-20-18(24)21-5-3-4-14(10-21)6-17(23)22-11-15-8-19-9-16(15)12-22;/h13-16,19H,3-12H2,1-2H3,(H,20,24);1H/t14?,15-,16+;. The van der Waals surface area contributed by atoms with E-state index in [0.717, 1.165) is 52.1 Å². The van der Waals surface area contributed by atoms with E-state index in [4.69, 9.17) is 0 Å². The predicted octanol–water partition coefficient (Wildman–Crippen LogP) is 1.55. The molecule has 1 unspecified atom stereocenters. The molecule has 0 saturated carbocycles. The lowest BCUT2D eigenvalue weighted by molar-refractivity contribution is -0.131. The number of piperidine rings is 1. The minimum absolute atomic E-state index is 0. The maximum absolute atomic E-state index is 12.6. The summed E-state index contributed by atoms with van der Waals surface area (Å²) in [5, 5.41) is 6.41. The zero-order valence-electron chi connectivity index (χ0n) is 15.5. The lowest BCUT2D eigenvalue weighted by Crippen LogP contribution is -2.47. The van der Waals surface area contributed by atoms with E-state index >= 15 is 0 Å². The van der Waals surface area contributed by atoms with E-state index in [2.05, 4.69) is 29.4 Å². The summed E-state index contributed by atoms with van der Waals surface area (Å²) in [5.74, 6) is 2.37. The minimum atomic E-state index is 0. The molecular formula is C18H33ClN4O2. The highest BCUT2D eigenvalue weighted by Gasteiger charge is 2.38. The van der Waals surface area contributed by atoms with Crippen LogP contribution < -0.4 is 10.6 Å². The fourth-order valence-electron chi connectivity index (χ4n) is 4.25. The van der Waals surface area contributed by atoms with E-state index < -0.39 is 0 Å². The molecule has 3 fully saturated rings. The van der Waals surface area contributed by atoms with Crippen molar-refractivity contribution in [3.05, 3.63) is 0 Å². The number of amides is 3. The van der Waals surface area contributed by atoms with Crippen LogP contribution in [-0.4, -0.2) is 67.6 Å². The van der Waals surface area contributed by atoms with Crippen molar-refractivity contribution in [2.45, 2.75) is 33.1 Å². The number of hydrogen-bond donors (Lipinski definition) is 2. The monoisotopic (exact) mass is 372 g/mol. The average Bonchev–Trinajstić information content (AvgIpc) is 3.14. The van der Waals surface area contributed by atoms with Gasteiger partial charge in [-0.05, 0) is 36.5 Å². The zero-order valence-corrected chi connectivity index (χ0v) is 16.3.